The molecule has 1 saturated heterocycles. The molecule has 0 saturated carbocycles. The van der Waals surface area contributed by atoms with Gasteiger partial charge in [0.1, 0.15) is 15.7 Å². The van der Waals surface area contributed by atoms with E-state index in [4.69, 9.17) is 30.7 Å². The van der Waals surface area contributed by atoms with Crippen molar-refractivity contribution >= 4 is 44.9 Å². The summed E-state index contributed by atoms with van der Waals surface area (Å²) >= 11 is 9.34. The first-order valence-corrected chi connectivity index (χ1v) is 11.9. The van der Waals surface area contributed by atoms with Gasteiger partial charge >= 0.3 is 0 Å². The lowest BCUT2D eigenvalue weighted by atomic mass is 10.2. The van der Waals surface area contributed by atoms with Crippen molar-refractivity contribution in [3.8, 4) is 11.5 Å². The van der Waals surface area contributed by atoms with Gasteiger partial charge in [0, 0.05) is 23.4 Å². The molecule has 0 bridgehead atoms. The molecule has 31 heavy (non-hydrogen) atoms. The summed E-state index contributed by atoms with van der Waals surface area (Å²) in [6.45, 7) is 8.17. The Balaban J connectivity index is 1.49. The van der Waals surface area contributed by atoms with Crippen LogP contribution in [0.2, 0.25) is 5.02 Å². The van der Waals surface area contributed by atoms with Crippen molar-refractivity contribution in [3.05, 3.63) is 45.6 Å². The van der Waals surface area contributed by atoms with E-state index in [1.807, 2.05) is 18.2 Å². The molecule has 7 nitrogen and oxygen atoms in total. The molecule has 0 N–H and O–H groups in total. The monoisotopic (exact) mass is 473 g/mol. The van der Waals surface area contributed by atoms with Crippen molar-refractivity contribution < 1.29 is 9.15 Å². The van der Waals surface area contributed by atoms with Crippen LogP contribution in [0.15, 0.2) is 38.9 Å². The third-order valence-corrected chi connectivity index (χ3v) is 7.46. The molecule has 0 aliphatic carbocycles. The number of hydrogen-bond donors (Lipinski definition) is 0. The van der Waals surface area contributed by atoms with Crippen molar-refractivity contribution in [3.63, 3.8) is 0 Å². The molecule has 0 atom stereocenters. The third kappa shape index (κ3) is 4.33. The normalized spacial score (nSPS) is 15.1. The van der Waals surface area contributed by atoms with Crippen molar-refractivity contribution in [1.82, 2.24) is 25.1 Å². The van der Waals surface area contributed by atoms with Gasteiger partial charge in [-0.2, -0.15) is 0 Å². The standard InChI is InChI=1S/C21H20ClN5O2S2/c1-12-13(2)30-19-17(12)20(24-16(23-19)11-27-7-9-28-10-8-27)31-21-26-25-18(29-21)14-5-3-4-6-15(14)22/h3-6H,7-11H2,1-2H3. The van der Waals surface area contributed by atoms with E-state index < -0.39 is 0 Å². The lowest BCUT2D eigenvalue weighted by Crippen LogP contribution is -2.36. The van der Waals surface area contributed by atoms with Gasteiger partial charge in [-0.1, -0.05) is 23.7 Å². The minimum absolute atomic E-state index is 0.394. The highest BCUT2D eigenvalue weighted by molar-refractivity contribution is 7.99. The number of rotatable bonds is 5. The van der Waals surface area contributed by atoms with Gasteiger partial charge in [0.2, 0.25) is 5.89 Å². The lowest BCUT2D eigenvalue weighted by molar-refractivity contribution is 0.0330. The maximum Gasteiger partial charge on any atom is 0.283 e. The van der Waals surface area contributed by atoms with Crippen LogP contribution in [0.3, 0.4) is 0 Å². The molecule has 1 fully saturated rings. The lowest BCUT2D eigenvalue weighted by Gasteiger charge is -2.25. The van der Waals surface area contributed by atoms with Crippen LogP contribution in [0.5, 0.6) is 0 Å². The Morgan fingerprint density at radius 1 is 1.13 bits per heavy atom. The predicted molar refractivity (Wildman–Crippen MR) is 122 cm³/mol. The van der Waals surface area contributed by atoms with E-state index in [0.717, 1.165) is 47.4 Å². The van der Waals surface area contributed by atoms with Gasteiger partial charge in [-0.05, 0) is 43.3 Å². The van der Waals surface area contributed by atoms with Gasteiger partial charge in [-0.3, -0.25) is 4.90 Å². The second-order valence-electron chi connectivity index (χ2n) is 7.25. The fraction of sp³-hybridized carbons (Fsp3) is 0.333. The summed E-state index contributed by atoms with van der Waals surface area (Å²) in [6.07, 6.45) is 0. The van der Waals surface area contributed by atoms with Gasteiger partial charge in [-0.15, -0.1) is 21.5 Å². The number of hydrogen-bond acceptors (Lipinski definition) is 9. The largest absolute Gasteiger partial charge is 0.411 e. The Hall–Kier alpha value is -2.04. The number of ether oxygens (including phenoxy) is 1. The Kier molecular flexibility index (Phi) is 5.94. The molecule has 1 aliphatic heterocycles. The van der Waals surface area contributed by atoms with Crippen LogP contribution in [-0.4, -0.2) is 51.4 Å². The maximum atomic E-state index is 6.28. The van der Waals surface area contributed by atoms with Crippen molar-refractivity contribution in [1.29, 1.82) is 0 Å². The molecule has 4 heterocycles. The van der Waals surface area contributed by atoms with E-state index in [1.165, 1.54) is 22.2 Å². The Labute approximate surface area is 192 Å². The minimum Gasteiger partial charge on any atom is -0.411 e. The third-order valence-electron chi connectivity index (χ3n) is 5.21. The molecule has 1 aromatic carbocycles. The molecular weight excluding hydrogens is 454 g/mol. The van der Waals surface area contributed by atoms with Crippen LogP contribution in [0.25, 0.3) is 21.7 Å². The fourth-order valence-corrected chi connectivity index (χ4v) is 5.64. The first-order valence-electron chi connectivity index (χ1n) is 9.91. The maximum absolute atomic E-state index is 6.28. The average molecular weight is 474 g/mol. The molecule has 5 rings (SSSR count). The summed E-state index contributed by atoms with van der Waals surface area (Å²) in [5.41, 5.74) is 1.90. The molecule has 1 aliphatic rings. The number of aromatic nitrogens is 4. The van der Waals surface area contributed by atoms with Gasteiger partial charge < -0.3 is 9.15 Å². The average Bonchev–Trinajstić information content (AvgIpc) is 3.33. The molecule has 3 aromatic heterocycles. The number of nitrogens with zero attached hydrogens (tertiary/aromatic N) is 5. The van der Waals surface area contributed by atoms with Crippen LogP contribution in [0, 0.1) is 13.8 Å². The van der Waals surface area contributed by atoms with Crippen LogP contribution in [0.4, 0.5) is 0 Å². The van der Waals surface area contributed by atoms with Gasteiger partial charge in [-0.25, -0.2) is 9.97 Å². The summed E-state index contributed by atoms with van der Waals surface area (Å²) in [5.74, 6) is 1.19. The Bertz CT molecular complexity index is 1240. The van der Waals surface area contributed by atoms with Crippen LogP contribution < -0.4 is 0 Å². The highest BCUT2D eigenvalue weighted by atomic mass is 35.5. The number of morpholine rings is 1. The van der Waals surface area contributed by atoms with Crippen LogP contribution in [0.1, 0.15) is 16.3 Å². The summed E-state index contributed by atoms with van der Waals surface area (Å²) in [6, 6.07) is 7.42. The van der Waals surface area contributed by atoms with Gasteiger partial charge in [0.15, 0.2) is 0 Å². The Morgan fingerprint density at radius 2 is 1.94 bits per heavy atom. The summed E-state index contributed by atoms with van der Waals surface area (Å²) in [4.78, 5) is 14.3. The molecule has 4 aromatic rings. The summed E-state index contributed by atoms with van der Waals surface area (Å²) < 4.78 is 11.4. The number of fused-ring (bicyclic) bond motifs is 1. The SMILES string of the molecule is Cc1sc2nc(CN3CCOCC3)nc(Sc3nnc(-c4ccccc4Cl)o3)c2c1C. The highest BCUT2D eigenvalue weighted by Gasteiger charge is 2.20. The Morgan fingerprint density at radius 3 is 2.74 bits per heavy atom. The molecule has 0 radical (unpaired) electrons. The van der Waals surface area contributed by atoms with E-state index in [1.54, 1.807) is 17.4 Å². The zero-order valence-electron chi connectivity index (χ0n) is 17.1. The molecule has 0 spiro atoms. The van der Waals surface area contributed by atoms with Crippen molar-refractivity contribution in [2.75, 3.05) is 26.3 Å². The van der Waals surface area contributed by atoms with Crippen LogP contribution in [-0.2, 0) is 11.3 Å². The van der Waals surface area contributed by atoms with E-state index in [0.29, 0.717) is 28.2 Å². The molecule has 10 heteroatoms. The molecule has 160 valence electrons. The minimum atomic E-state index is 0.394. The van der Waals surface area contributed by atoms with E-state index >= 15 is 0 Å². The smallest absolute Gasteiger partial charge is 0.283 e. The fourth-order valence-electron chi connectivity index (χ4n) is 3.44. The molecule has 0 unspecified atom stereocenters. The van der Waals surface area contributed by atoms with Gasteiger partial charge in [0.25, 0.3) is 5.22 Å². The van der Waals surface area contributed by atoms with Crippen molar-refractivity contribution in [2.45, 2.75) is 30.6 Å². The number of benzene rings is 1. The molecular formula is C21H20ClN5O2S2. The topological polar surface area (TPSA) is 77.2 Å². The number of thiophene rings is 1. The van der Waals surface area contributed by atoms with Crippen LogP contribution >= 0.6 is 34.7 Å². The predicted octanol–water partition coefficient (Wildman–Crippen LogP) is 4.99. The highest BCUT2D eigenvalue weighted by Crippen LogP contribution is 2.38. The van der Waals surface area contributed by atoms with Gasteiger partial charge in [0.05, 0.1) is 30.3 Å². The number of halogens is 1. The second-order valence-corrected chi connectivity index (χ2v) is 9.80. The summed E-state index contributed by atoms with van der Waals surface area (Å²) in [5, 5.41) is 11.3. The van der Waals surface area contributed by atoms with E-state index in [9.17, 15) is 0 Å². The quantitative estimate of drug-likeness (QED) is 0.375. The van der Waals surface area contributed by atoms with Crippen molar-refractivity contribution in [2.24, 2.45) is 0 Å². The zero-order valence-corrected chi connectivity index (χ0v) is 19.5. The van der Waals surface area contributed by atoms with E-state index in [2.05, 4.69) is 28.9 Å². The first kappa shape index (κ1) is 20.8. The summed E-state index contributed by atoms with van der Waals surface area (Å²) in [7, 11) is 0. The first-order chi connectivity index (χ1) is 15.1. The second kappa shape index (κ2) is 8.84. The number of aryl methyl sites for hydroxylation is 2. The van der Waals surface area contributed by atoms with E-state index in [-0.39, 0.29) is 0 Å². The molecule has 0 amide bonds. The zero-order chi connectivity index (χ0) is 21.4.